The lowest BCUT2D eigenvalue weighted by Gasteiger charge is -2.11. The van der Waals surface area contributed by atoms with Crippen LogP contribution >= 0.6 is 0 Å². The van der Waals surface area contributed by atoms with Crippen molar-refractivity contribution in [2.45, 2.75) is 6.42 Å². The molecule has 0 aromatic heterocycles. The van der Waals surface area contributed by atoms with Gasteiger partial charge in [0.2, 0.25) is 0 Å². The van der Waals surface area contributed by atoms with Crippen molar-refractivity contribution in [3.8, 4) is 0 Å². The Morgan fingerprint density at radius 2 is 1.59 bits per heavy atom. The van der Waals surface area contributed by atoms with Gasteiger partial charge in [-0.1, -0.05) is 0 Å². The molecule has 17 heavy (non-hydrogen) atoms. The summed E-state index contributed by atoms with van der Waals surface area (Å²) in [7, 11) is 0.783. The number of halogens is 3. The highest BCUT2D eigenvalue weighted by Gasteiger charge is 2.13. The van der Waals surface area contributed by atoms with E-state index < -0.39 is 27.0 Å². The summed E-state index contributed by atoms with van der Waals surface area (Å²) in [5.41, 5.74) is 0.321. The minimum absolute atomic E-state index is 0.198. The number of benzene rings is 1. The Hall–Kier alpha value is -0.893. The minimum Gasteiger partial charge on any atom is -0.379 e. The van der Waals surface area contributed by atoms with Crippen LogP contribution in [0.2, 0.25) is 0 Å². The monoisotopic (exact) mass is 266 g/mol. The topological polar surface area (TPSA) is 27.7 Å². The molecule has 1 aromatic rings. The number of hydrogen-bond donors (Lipinski definition) is 0. The van der Waals surface area contributed by atoms with E-state index in [0.29, 0.717) is 5.56 Å². The van der Waals surface area contributed by atoms with E-state index in [0.717, 1.165) is 12.1 Å². The van der Waals surface area contributed by atoms with E-state index in [1.54, 1.807) is 0 Å². The van der Waals surface area contributed by atoms with Gasteiger partial charge in [-0.2, -0.15) is 0 Å². The molecule has 0 heterocycles. The maximum atomic E-state index is 12.9. The van der Waals surface area contributed by atoms with Crippen LogP contribution in [0.3, 0.4) is 0 Å². The summed E-state index contributed by atoms with van der Waals surface area (Å²) < 4.78 is 53.4. The molecule has 0 aliphatic carbocycles. The maximum Gasteiger partial charge on any atom is 0.483 e. The van der Waals surface area contributed by atoms with Gasteiger partial charge >= 0.3 is 9.53 Å². The quantitative estimate of drug-likeness (QED) is 0.579. The molecule has 1 aromatic carbocycles. The molecule has 96 valence electrons. The van der Waals surface area contributed by atoms with Gasteiger partial charge in [-0.15, -0.1) is 0 Å². The van der Waals surface area contributed by atoms with Crippen LogP contribution < -0.4 is 0 Å². The third-order valence-corrected chi connectivity index (χ3v) is 3.35. The predicted molar refractivity (Wildman–Crippen MR) is 57.1 cm³/mol. The smallest absolute Gasteiger partial charge is 0.379 e. The Morgan fingerprint density at radius 3 is 2.06 bits per heavy atom. The molecule has 1 rings (SSSR count). The third kappa shape index (κ3) is 4.12. The molecule has 0 amide bonds. The molecule has 7 heteroatoms. The van der Waals surface area contributed by atoms with Crippen molar-refractivity contribution in [1.29, 1.82) is 0 Å². The van der Waals surface area contributed by atoms with Gasteiger partial charge in [0.25, 0.3) is 0 Å². The van der Waals surface area contributed by atoms with E-state index in [4.69, 9.17) is 13.3 Å². The van der Waals surface area contributed by atoms with Gasteiger partial charge in [-0.3, -0.25) is 0 Å². The third-order valence-electron chi connectivity index (χ3n) is 2.07. The van der Waals surface area contributed by atoms with Crippen LogP contribution in [0.15, 0.2) is 12.1 Å². The van der Waals surface area contributed by atoms with Gasteiger partial charge in [0.05, 0.1) is 0 Å². The number of rotatable bonds is 6. The van der Waals surface area contributed by atoms with E-state index >= 15 is 0 Å². The van der Waals surface area contributed by atoms with Crippen LogP contribution in [-0.2, 0) is 19.7 Å². The van der Waals surface area contributed by atoms with Gasteiger partial charge in [-0.05, 0) is 24.1 Å². The molecular weight excluding hydrogens is 253 g/mol. The maximum absolute atomic E-state index is 12.9. The Kier molecular flexibility index (Phi) is 5.62. The van der Waals surface area contributed by atoms with Crippen LogP contribution in [0.4, 0.5) is 13.2 Å². The molecule has 0 bridgehead atoms. The molecule has 0 radical (unpaired) electrons. The first-order chi connectivity index (χ1) is 8.08. The fraction of sp³-hybridized carbons (Fsp3) is 0.400. The predicted octanol–water partition coefficient (Wildman–Crippen LogP) is 1.67. The van der Waals surface area contributed by atoms with Gasteiger partial charge < -0.3 is 13.3 Å². The second kappa shape index (κ2) is 6.75. The van der Waals surface area contributed by atoms with Crippen LogP contribution in [-0.4, -0.2) is 30.4 Å². The summed E-state index contributed by atoms with van der Waals surface area (Å²) in [4.78, 5) is 0. The van der Waals surface area contributed by atoms with Crippen LogP contribution in [0.25, 0.3) is 0 Å². The van der Waals surface area contributed by atoms with Crippen molar-refractivity contribution in [2.24, 2.45) is 0 Å². The van der Waals surface area contributed by atoms with Crippen molar-refractivity contribution >= 4 is 9.53 Å². The van der Waals surface area contributed by atoms with Crippen LogP contribution in [0.1, 0.15) is 5.56 Å². The molecule has 0 saturated heterocycles. The first-order valence-electron chi connectivity index (χ1n) is 4.89. The fourth-order valence-electron chi connectivity index (χ4n) is 1.26. The lowest BCUT2D eigenvalue weighted by molar-refractivity contribution is 0.137. The molecular formula is C10H13F3O3Si. The average Bonchev–Trinajstić information content (AvgIpc) is 2.31. The molecule has 0 atom stereocenters. The first kappa shape index (κ1) is 14.2. The fourth-order valence-corrected chi connectivity index (χ4v) is 2.03. The van der Waals surface area contributed by atoms with Gasteiger partial charge in [0, 0.05) is 20.8 Å². The molecule has 0 N–H and O–H groups in total. The van der Waals surface area contributed by atoms with Crippen LogP contribution in [0, 0.1) is 17.5 Å². The van der Waals surface area contributed by atoms with Crippen molar-refractivity contribution in [2.75, 3.05) is 20.8 Å². The molecule has 0 unspecified atom stereocenters. The highest BCUT2D eigenvalue weighted by atomic mass is 28.3. The summed E-state index contributed by atoms with van der Waals surface area (Å²) in [6, 6.07) is 1.88. The van der Waals surface area contributed by atoms with Gasteiger partial charge in [-0.25, -0.2) is 13.2 Å². The lowest BCUT2D eigenvalue weighted by Crippen LogP contribution is -2.24. The zero-order chi connectivity index (χ0) is 12.8. The molecule has 0 aliphatic heterocycles. The standard InChI is InChI=1S/C10H13F3O3Si/c1-14-17(15-2)16-4-3-7-5-8(11)10(13)9(12)6-7/h5-6,17H,3-4H2,1-2H3. The molecule has 3 nitrogen and oxygen atoms in total. The van der Waals surface area contributed by atoms with Crippen molar-refractivity contribution in [1.82, 2.24) is 0 Å². The molecule has 0 saturated carbocycles. The van der Waals surface area contributed by atoms with E-state index in [1.165, 1.54) is 14.2 Å². The Labute approximate surface area is 99.1 Å². The summed E-state index contributed by atoms with van der Waals surface area (Å²) in [5.74, 6) is -3.87. The number of hydrogen-bond acceptors (Lipinski definition) is 3. The SMILES string of the molecule is CO[SiH](OC)OCCc1cc(F)c(F)c(F)c1. The highest BCUT2D eigenvalue weighted by molar-refractivity contribution is 6.36. The highest BCUT2D eigenvalue weighted by Crippen LogP contribution is 2.14. The zero-order valence-corrected chi connectivity index (χ0v) is 10.7. The molecule has 0 spiro atoms. The normalized spacial score (nSPS) is 11.2. The summed E-state index contributed by atoms with van der Waals surface area (Å²) in [6.07, 6.45) is 0.254. The second-order valence-electron chi connectivity index (χ2n) is 3.25. The van der Waals surface area contributed by atoms with Crippen molar-refractivity contribution in [3.63, 3.8) is 0 Å². The zero-order valence-electron chi connectivity index (χ0n) is 9.50. The second-order valence-corrected chi connectivity index (χ2v) is 5.11. The van der Waals surface area contributed by atoms with Gasteiger partial charge in [0.1, 0.15) is 0 Å². The van der Waals surface area contributed by atoms with Crippen molar-refractivity contribution in [3.05, 3.63) is 35.1 Å². The molecule has 0 aliphatic rings. The summed E-state index contributed by atoms with van der Waals surface area (Å²) >= 11 is 0. The van der Waals surface area contributed by atoms with E-state index in [9.17, 15) is 13.2 Å². The van der Waals surface area contributed by atoms with Crippen molar-refractivity contribution < 1.29 is 26.4 Å². The average molecular weight is 266 g/mol. The van der Waals surface area contributed by atoms with Crippen LogP contribution in [0.5, 0.6) is 0 Å². The van der Waals surface area contributed by atoms with E-state index in [1.807, 2.05) is 0 Å². The summed E-state index contributed by atoms with van der Waals surface area (Å²) in [6.45, 7) is 0.198. The lowest BCUT2D eigenvalue weighted by atomic mass is 10.1. The largest absolute Gasteiger partial charge is 0.483 e. The minimum atomic E-state index is -2.13. The Balaban J connectivity index is 2.52. The Bertz CT molecular complexity index is 349. The Morgan fingerprint density at radius 1 is 1.06 bits per heavy atom. The first-order valence-corrected chi connectivity index (χ1v) is 6.30. The van der Waals surface area contributed by atoms with E-state index in [-0.39, 0.29) is 13.0 Å². The summed E-state index contributed by atoms with van der Waals surface area (Å²) in [5, 5.41) is 0. The van der Waals surface area contributed by atoms with E-state index in [2.05, 4.69) is 0 Å². The molecule has 0 fully saturated rings. The van der Waals surface area contributed by atoms with Gasteiger partial charge in [0.15, 0.2) is 17.5 Å².